The van der Waals surface area contributed by atoms with Crippen molar-refractivity contribution in [2.75, 3.05) is 6.54 Å². The molecule has 0 saturated carbocycles. The summed E-state index contributed by atoms with van der Waals surface area (Å²) in [6.07, 6.45) is 6.41. The minimum Gasteiger partial charge on any atom is -0.347 e. The molecule has 0 spiro atoms. The maximum absolute atomic E-state index is 12.8. The highest BCUT2D eigenvalue weighted by Gasteiger charge is 2.23. The van der Waals surface area contributed by atoms with Crippen molar-refractivity contribution in [2.45, 2.75) is 52.1 Å². The molecule has 0 bridgehead atoms. The number of aromatic amines is 1. The lowest BCUT2D eigenvalue weighted by atomic mass is 9.89. The Kier molecular flexibility index (Phi) is 5.21. The molecule has 2 N–H and O–H groups in total. The molecule has 0 unspecified atom stereocenters. The summed E-state index contributed by atoms with van der Waals surface area (Å²) in [5.74, 6) is 1.44. The standard InChI is InChI=1S/C24H28N4OS/c1-15-8-9-18-20(14-15)30-24-21(18)23(29)26-22(27-24)16(2)25-11-5-12-28-13-10-17-6-3-4-7-19(17)28/h3-4,6-7,10,13,15-16,25H,5,8-9,11-12,14H2,1-2H3,(H,26,27,29)/t15-,16-/m1/s1. The number of aromatic nitrogens is 3. The van der Waals surface area contributed by atoms with Gasteiger partial charge in [0, 0.05) is 23.1 Å². The zero-order chi connectivity index (χ0) is 20.7. The largest absolute Gasteiger partial charge is 0.347 e. The first-order chi connectivity index (χ1) is 14.6. The number of aryl methyl sites for hydroxylation is 2. The van der Waals surface area contributed by atoms with Crippen molar-refractivity contribution < 1.29 is 0 Å². The Labute approximate surface area is 180 Å². The number of para-hydroxylation sites is 1. The summed E-state index contributed by atoms with van der Waals surface area (Å²) in [6, 6.07) is 10.6. The van der Waals surface area contributed by atoms with Crippen LogP contribution in [-0.2, 0) is 19.4 Å². The van der Waals surface area contributed by atoms with Crippen molar-refractivity contribution in [1.29, 1.82) is 0 Å². The highest BCUT2D eigenvalue weighted by molar-refractivity contribution is 7.18. The van der Waals surface area contributed by atoms with E-state index in [1.54, 1.807) is 11.3 Å². The molecule has 6 heteroatoms. The van der Waals surface area contributed by atoms with Gasteiger partial charge in [-0.15, -0.1) is 11.3 Å². The van der Waals surface area contributed by atoms with Gasteiger partial charge in [0.15, 0.2) is 0 Å². The molecule has 0 saturated heterocycles. The highest BCUT2D eigenvalue weighted by Crippen LogP contribution is 2.35. The summed E-state index contributed by atoms with van der Waals surface area (Å²) >= 11 is 1.71. The van der Waals surface area contributed by atoms with Crippen LogP contribution in [0.4, 0.5) is 0 Å². The number of nitrogens with one attached hydrogen (secondary N) is 2. The third-order valence-electron chi connectivity index (χ3n) is 6.30. The Morgan fingerprint density at radius 2 is 2.20 bits per heavy atom. The van der Waals surface area contributed by atoms with Crippen molar-refractivity contribution in [1.82, 2.24) is 19.9 Å². The lowest BCUT2D eigenvalue weighted by Crippen LogP contribution is -2.25. The van der Waals surface area contributed by atoms with Gasteiger partial charge >= 0.3 is 0 Å². The third-order valence-corrected chi connectivity index (χ3v) is 7.45. The number of thiophene rings is 1. The van der Waals surface area contributed by atoms with Gasteiger partial charge in [0.1, 0.15) is 10.7 Å². The molecule has 5 nitrogen and oxygen atoms in total. The molecular formula is C24H28N4OS. The number of rotatable bonds is 6. The average Bonchev–Trinajstić information content (AvgIpc) is 3.31. The zero-order valence-electron chi connectivity index (χ0n) is 17.6. The van der Waals surface area contributed by atoms with Crippen molar-refractivity contribution in [3.8, 4) is 0 Å². The van der Waals surface area contributed by atoms with Crippen LogP contribution in [-0.4, -0.2) is 21.1 Å². The number of H-pyrrole nitrogens is 1. The molecule has 3 heterocycles. The molecular weight excluding hydrogens is 392 g/mol. The van der Waals surface area contributed by atoms with E-state index in [1.165, 1.54) is 21.3 Å². The number of hydrogen-bond donors (Lipinski definition) is 2. The third kappa shape index (κ3) is 3.59. The maximum Gasteiger partial charge on any atom is 0.259 e. The van der Waals surface area contributed by atoms with Gasteiger partial charge < -0.3 is 14.9 Å². The molecule has 0 aliphatic heterocycles. The topological polar surface area (TPSA) is 62.7 Å². The first kappa shape index (κ1) is 19.5. The number of benzene rings is 1. The van der Waals surface area contributed by atoms with E-state index in [4.69, 9.17) is 4.98 Å². The van der Waals surface area contributed by atoms with Crippen LogP contribution < -0.4 is 10.9 Å². The molecule has 5 rings (SSSR count). The summed E-state index contributed by atoms with van der Waals surface area (Å²) < 4.78 is 2.30. The lowest BCUT2D eigenvalue weighted by Gasteiger charge is -2.17. The molecule has 2 atom stereocenters. The monoisotopic (exact) mass is 420 g/mol. The van der Waals surface area contributed by atoms with Gasteiger partial charge in [-0.2, -0.15) is 0 Å². The van der Waals surface area contributed by atoms with Gasteiger partial charge in [0.25, 0.3) is 5.56 Å². The molecule has 1 aromatic carbocycles. The predicted molar refractivity (Wildman–Crippen MR) is 124 cm³/mol. The fourth-order valence-electron chi connectivity index (χ4n) is 4.57. The quantitative estimate of drug-likeness (QED) is 0.440. The first-order valence-corrected chi connectivity index (χ1v) is 11.7. The van der Waals surface area contributed by atoms with E-state index in [-0.39, 0.29) is 11.6 Å². The van der Waals surface area contributed by atoms with Crippen LogP contribution >= 0.6 is 11.3 Å². The van der Waals surface area contributed by atoms with Gasteiger partial charge in [-0.05, 0) is 68.2 Å². The molecule has 1 aliphatic rings. The van der Waals surface area contributed by atoms with Gasteiger partial charge in [-0.3, -0.25) is 4.79 Å². The average molecular weight is 421 g/mol. The molecule has 3 aromatic heterocycles. The van der Waals surface area contributed by atoms with E-state index in [2.05, 4.69) is 65.2 Å². The van der Waals surface area contributed by atoms with Crippen LogP contribution in [0.25, 0.3) is 21.1 Å². The van der Waals surface area contributed by atoms with E-state index < -0.39 is 0 Å². The van der Waals surface area contributed by atoms with Crippen molar-refractivity contribution >= 4 is 32.5 Å². The Morgan fingerprint density at radius 1 is 1.33 bits per heavy atom. The molecule has 4 aromatic rings. The van der Waals surface area contributed by atoms with Crippen molar-refractivity contribution in [3.05, 3.63) is 63.1 Å². The molecule has 156 valence electrons. The summed E-state index contributed by atoms with van der Waals surface area (Å²) in [5.41, 5.74) is 2.54. The van der Waals surface area contributed by atoms with E-state index in [0.717, 1.165) is 54.8 Å². The molecule has 0 fully saturated rings. The summed E-state index contributed by atoms with van der Waals surface area (Å²) in [7, 11) is 0. The fraction of sp³-hybridized carbons (Fsp3) is 0.417. The normalized spacial score (nSPS) is 17.5. The summed E-state index contributed by atoms with van der Waals surface area (Å²) in [5, 5.41) is 5.64. The second kappa shape index (κ2) is 8.00. The van der Waals surface area contributed by atoms with E-state index >= 15 is 0 Å². The van der Waals surface area contributed by atoms with Crippen LogP contribution in [0.5, 0.6) is 0 Å². The Morgan fingerprint density at radius 3 is 3.10 bits per heavy atom. The van der Waals surface area contributed by atoms with Crippen molar-refractivity contribution in [2.24, 2.45) is 5.92 Å². The zero-order valence-corrected chi connectivity index (χ0v) is 18.4. The highest BCUT2D eigenvalue weighted by atomic mass is 32.1. The lowest BCUT2D eigenvalue weighted by molar-refractivity contribution is 0.508. The van der Waals surface area contributed by atoms with Gasteiger partial charge in [0.05, 0.1) is 11.4 Å². The molecule has 0 radical (unpaired) electrons. The fourth-order valence-corrected chi connectivity index (χ4v) is 5.96. The first-order valence-electron chi connectivity index (χ1n) is 10.9. The Bertz CT molecular complexity index is 1250. The SMILES string of the molecule is C[C@@H]1CCc2c(sc3nc([C@@H](C)NCCCn4ccc5ccccc54)[nH]c(=O)c23)C1. The molecule has 30 heavy (non-hydrogen) atoms. The van der Waals surface area contributed by atoms with E-state index in [1.807, 2.05) is 0 Å². The van der Waals surface area contributed by atoms with Crippen LogP contribution in [0, 0.1) is 5.92 Å². The molecule has 1 aliphatic carbocycles. The Hall–Kier alpha value is -2.44. The van der Waals surface area contributed by atoms with Crippen LogP contribution in [0.2, 0.25) is 0 Å². The second-order valence-corrected chi connectivity index (χ2v) is 9.66. The van der Waals surface area contributed by atoms with Gasteiger partial charge in [-0.1, -0.05) is 25.1 Å². The van der Waals surface area contributed by atoms with Gasteiger partial charge in [0.2, 0.25) is 0 Å². The van der Waals surface area contributed by atoms with Crippen molar-refractivity contribution in [3.63, 3.8) is 0 Å². The summed E-state index contributed by atoms with van der Waals surface area (Å²) in [6.45, 7) is 6.20. The predicted octanol–water partition coefficient (Wildman–Crippen LogP) is 4.81. The van der Waals surface area contributed by atoms with E-state index in [9.17, 15) is 4.79 Å². The minimum absolute atomic E-state index is 0.0153. The van der Waals surface area contributed by atoms with Gasteiger partial charge in [-0.25, -0.2) is 4.98 Å². The Balaban J connectivity index is 1.26. The minimum atomic E-state index is 0.0153. The number of hydrogen-bond acceptors (Lipinski definition) is 4. The van der Waals surface area contributed by atoms with Crippen LogP contribution in [0.1, 0.15) is 49.0 Å². The maximum atomic E-state index is 12.8. The summed E-state index contributed by atoms with van der Waals surface area (Å²) in [4.78, 5) is 23.0. The number of nitrogens with zero attached hydrogens (tertiary/aromatic N) is 2. The number of fused-ring (bicyclic) bond motifs is 4. The second-order valence-electron chi connectivity index (χ2n) is 8.58. The molecule has 0 amide bonds. The van der Waals surface area contributed by atoms with E-state index in [0.29, 0.717) is 5.92 Å². The van der Waals surface area contributed by atoms with Crippen LogP contribution in [0.15, 0.2) is 41.3 Å². The smallest absolute Gasteiger partial charge is 0.259 e. The van der Waals surface area contributed by atoms with Crippen LogP contribution in [0.3, 0.4) is 0 Å².